The fraction of sp³-hybridized carbons (Fsp3) is 0.647. The highest BCUT2D eigenvalue weighted by Gasteiger charge is 2.52. The van der Waals surface area contributed by atoms with E-state index in [-0.39, 0.29) is 25.7 Å². The lowest BCUT2D eigenvalue weighted by atomic mass is 9.72. The van der Waals surface area contributed by atoms with Crippen LogP contribution in [-0.4, -0.2) is 18.3 Å². The highest BCUT2D eigenvalue weighted by atomic mass is 16.7. The van der Waals surface area contributed by atoms with Gasteiger partial charge in [0.15, 0.2) is 0 Å². The van der Waals surface area contributed by atoms with Crippen molar-refractivity contribution < 1.29 is 9.31 Å². The van der Waals surface area contributed by atoms with E-state index in [1.165, 1.54) is 35.9 Å². The number of aryl methyl sites for hydroxylation is 1. The Morgan fingerprint density at radius 2 is 1.55 bits per heavy atom. The molecule has 0 N–H and O–H groups in total. The molecule has 0 atom stereocenters. The van der Waals surface area contributed by atoms with Crippen LogP contribution in [0.3, 0.4) is 0 Å². The summed E-state index contributed by atoms with van der Waals surface area (Å²) >= 11 is 0. The second-order valence-corrected chi connectivity index (χ2v) is 6.78. The fourth-order valence-electron chi connectivity index (χ4n) is 3.00. The van der Waals surface area contributed by atoms with Crippen molar-refractivity contribution in [2.24, 2.45) is 0 Å². The summed E-state index contributed by atoms with van der Waals surface area (Å²) in [5.41, 5.74) is 3.69. The highest BCUT2D eigenvalue weighted by molar-refractivity contribution is 6.62. The zero-order chi connectivity index (χ0) is 13.7. The Labute approximate surface area is 124 Å². The maximum Gasteiger partial charge on any atom is 0.495 e. The van der Waals surface area contributed by atoms with Crippen LogP contribution in [0.2, 0.25) is 0 Å². The van der Waals surface area contributed by atoms with Gasteiger partial charge in [0.1, 0.15) is 0 Å². The molecule has 1 aliphatic carbocycles. The number of fused-ring (bicyclic) bond motifs is 1. The van der Waals surface area contributed by atoms with Crippen LogP contribution in [0.15, 0.2) is 18.2 Å². The van der Waals surface area contributed by atoms with Crippen LogP contribution < -0.4 is 5.46 Å². The summed E-state index contributed by atoms with van der Waals surface area (Å²) in [6.45, 7) is 8.45. The maximum absolute atomic E-state index is 6.19. The summed E-state index contributed by atoms with van der Waals surface area (Å²) in [7, 11) is -0.210. The van der Waals surface area contributed by atoms with Crippen LogP contribution in [0.5, 0.6) is 0 Å². The van der Waals surface area contributed by atoms with Crippen LogP contribution in [0, 0.1) is 0 Å². The van der Waals surface area contributed by atoms with Crippen molar-refractivity contribution in [2.45, 2.75) is 72.0 Å². The lowest BCUT2D eigenvalue weighted by Crippen LogP contribution is -2.41. The lowest BCUT2D eigenvalue weighted by molar-refractivity contribution is 0.00578. The molecule has 1 aromatic carbocycles. The minimum atomic E-state index is -0.255. The molecule has 1 heterocycles. The van der Waals surface area contributed by atoms with E-state index >= 15 is 0 Å². The molecule has 20 heavy (non-hydrogen) atoms. The quantitative estimate of drug-likeness (QED) is 0.730. The fourth-order valence-corrected chi connectivity index (χ4v) is 3.00. The van der Waals surface area contributed by atoms with E-state index in [0.29, 0.717) is 0 Å². The molecule has 0 radical (unpaired) electrons. The topological polar surface area (TPSA) is 18.5 Å². The molecular formula is C17H27BO2. The predicted octanol–water partition coefficient (Wildman–Crippen LogP) is 3.50. The Hall–Kier alpha value is -0.795. The van der Waals surface area contributed by atoms with Gasteiger partial charge < -0.3 is 9.31 Å². The van der Waals surface area contributed by atoms with E-state index in [1.54, 1.807) is 0 Å². The zero-order valence-corrected chi connectivity index (χ0v) is 12.5. The van der Waals surface area contributed by atoms with Crippen LogP contribution >= 0.6 is 0 Å². The van der Waals surface area contributed by atoms with E-state index in [4.69, 9.17) is 9.31 Å². The van der Waals surface area contributed by atoms with E-state index in [9.17, 15) is 0 Å². The van der Waals surface area contributed by atoms with E-state index in [0.717, 1.165) is 6.42 Å². The molecule has 0 unspecified atom stereocenters. The van der Waals surface area contributed by atoms with Gasteiger partial charge in [-0.2, -0.15) is 0 Å². The first-order chi connectivity index (χ1) is 8.91. The molecule has 1 saturated heterocycles. The summed E-state index contributed by atoms with van der Waals surface area (Å²) in [4.78, 5) is 0. The molecule has 0 bridgehead atoms. The summed E-state index contributed by atoms with van der Waals surface area (Å²) in [6, 6.07) is 6.57. The molecule has 1 aromatic rings. The Kier molecular flexibility index (Phi) is 4.05. The van der Waals surface area contributed by atoms with Crippen molar-refractivity contribution in [3.63, 3.8) is 0 Å². The third-order valence-corrected chi connectivity index (χ3v) is 4.94. The second kappa shape index (κ2) is 5.20. The van der Waals surface area contributed by atoms with Crippen molar-refractivity contribution in [1.29, 1.82) is 0 Å². The Morgan fingerprint density at radius 1 is 0.950 bits per heavy atom. The summed E-state index contributed by atoms with van der Waals surface area (Å²) in [6.07, 6.45) is 4.95. The van der Waals surface area contributed by atoms with Gasteiger partial charge in [-0.25, -0.2) is 0 Å². The smallest absolute Gasteiger partial charge is 0.399 e. The molecule has 3 rings (SSSR count). The zero-order valence-electron chi connectivity index (χ0n) is 12.5. The van der Waals surface area contributed by atoms with Gasteiger partial charge in [-0.15, -0.1) is 0 Å². The Morgan fingerprint density at radius 3 is 2.20 bits per heavy atom. The number of hydrogen-bond donors (Lipinski definition) is 0. The SMILES string of the molecule is C.CC1(C)OB(c2cccc3c2CCCC3)OC1(C)C. The maximum atomic E-state index is 6.19. The average molecular weight is 274 g/mol. The first-order valence-electron chi connectivity index (χ1n) is 7.37. The van der Waals surface area contributed by atoms with Gasteiger partial charge in [0.05, 0.1) is 11.2 Å². The minimum absolute atomic E-state index is 0. The van der Waals surface area contributed by atoms with Crippen molar-refractivity contribution in [3.05, 3.63) is 29.3 Å². The van der Waals surface area contributed by atoms with Crippen molar-refractivity contribution >= 4 is 12.6 Å². The van der Waals surface area contributed by atoms with E-state index in [2.05, 4.69) is 45.9 Å². The van der Waals surface area contributed by atoms with Gasteiger partial charge in [-0.1, -0.05) is 25.6 Å². The summed E-state index contributed by atoms with van der Waals surface area (Å²) < 4.78 is 12.4. The van der Waals surface area contributed by atoms with Gasteiger partial charge in [0.2, 0.25) is 0 Å². The molecule has 1 fully saturated rings. The number of hydrogen-bond acceptors (Lipinski definition) is 2. The molecule has 0 amide bonds. The molecular weight excluding hydrogens is 247 g/mol. The first kappa shape index (κ1) is 15.6. The number of rotatable bonds is 1. The van der Waals surface area contributed by atoms with Gasteiger partial charge in [0, 0.05) is 0 Å². The Balaban J connectivity index is 0.00000147. The van der Waals surface area contributed by atoms with Gasteiger partial charge in [-0.05, 0) is 70.0 Å². The van der Waals surface area contributed by atoms with E-state index in [1.807, 2.05) is 0 Å². The molecule has 110 valence electrons. The molecule has 1 aliphatic heterocycles. The minimum Gasteiger partial charge on any atom is -0.399 e. The van der Waals surface area contributed by atoms with Crippen LogP contribution in [0.1, 0.15) is 59.1 Å². The molecule has 0 spiro atoms. The molecule has 0 aromatic heterocycles. The lowest BCUT2D eigenvalue weighted by Gasteiger charge is -2.32. The van der Waals surface area contributed by atoms with Gasteiger partial charge in [-0.3, -0.25) is 0 Å². The third-order valence-electron chi connectivity index (χ3n) is 4.94. The third kappa shape index (κ3) is 2.42. The molecule has 2 aliphatic rings. The van der Waals surface area contributed by atoms with Crippen molar-refractivity contribution in [3.8, 4) is 0 Å². The predicted molar refractivity (Wildman–Crippen MR) is 85.5 cm³/mol. The average Bonchev–Trinajstić information content (AvgIpc) is 2.58. The summed E-state index contributed by atoms with van der Waals surface area (Å²) in [5, 5.41) is 0. The Bertz CT molecular complexity index is 478. The van der Waals surface area contributed by atoms with E-state index < -0.39 is 0 Å². The highest BCUT2D eigenvalue weighted by Crippen LogP contribution is 2.37. The van der Waals surface area contributed by atoms with Crippen molar-refractivity contribution in [2.75, 3.05) is 0 Å². The molecule has 3 heteroatoms. The standard InChI is InChI=1S/C16H23BO2.CH4/c1-15(2)16(3,4)19-17(18-15)14-11-7-9-12-8-5-6-10-13(12)14;/h7,9,11H,5-6,8,10H2,1-4H3;1H4. The van der Waals surface area contributed by atoms with Crippen LogP contribution in [-0.2, 0) is 22.2 Å². The van der Waals surface area contributed by atoms with Crippen molar-refractivity contribution in [1.82, 2.24) is 0 Å². The van der Waals surface area contributed by atoms with Crippen LogP contribution in [0.25, 0.3) is 0 Å². The van der Waals surface area contributed by atoms with Gasteiger partial charge in [0.25, 0.3) is 0 Å². The summed E-state index contributed by atoms with van der Waals surface area (Å²) in [5.74, 6) is 0. The molecule has 2 nitrogen and oxygen atoms in total. The monoisotopic (exact) mass is 274 g/mol. The first-order valence-corrected chi connectivity index (χ1v) is 7.37. The number of benzene rings is 1. The van der Waals surface area contributed by atoms with Crippen LogP contribution in [0.4, 0.5) is 0 Å². The normalized spacial score (nSPS) is 23.1. The second-order valence-electron chi connectivity index (χ2n) is 6.78. The molecule has 0 saturated carbocycles. The largest absolute Gasteiger partial charge is 0.495 e. The van der Waals surface area contributed by atoms with Gasteiger partial charge >= 0.3 is 7.12 Å².